The molecule has 0 aliphatic carbocycles. The first-order chi connectivity index (χ1) is 9.28. The van der Waals surface area contributed by atoms with Crippen LogP contribution in [0.15, 0.2) is 6.20 Å². The molecule has 0 radical (unpaired) electrons. The second-order valence-electron chi connectivity index (χ2n) is 4.62. The Balaban J connectivity index is 1.93. The smallest absolute Gasteiger partial charge is 0.226 e. The summed E-state index contributed by atoms with van der Waals surface area (Å²) in [4.78, 5) is 10.6. The van der Waals surface area contributed by atoms with Crippen molar-refractivity contribution >= 4 is 28.5 Å². The fourth-order valence-electron chi connectivity index (χ4n) is 2.43. The van der Waals surface area contributed by atoms with E-state index in [1.54, 1.807) is 6.20 Å². The highest BCUT2D eigenvalue weighted by Gasteiger charge is 2.21. The molecule has 2 aromatic rings. The molecule has 0 amide bonds. The molecule has 0 spiro atoms. The molecule has 2 aromatic heterocycles. The van der Waals surface area contributed by atoms with Crippen molar-refractivity contribution in [2.24, 2.45) is 0 Å². The van der Waals surface area contributed by atoms with Crippen molar-refractivity contribution in [3.05, 3.63) is 11.5 Å². The van der Waals surface area contributed by atoms with Gasteiger partial charge in [0.05, 0.1) is 17.7 Å². The lowest BCUT2D eigenvalue weighted by Gasteiger charge is -2.25. The fraction of sp³-hybridized carbons (Fsp3) is 0.583. The summed E-state index contributed by atoms with van der Waals surface area (Å²) in [5, 5.41) is 7.96. The van der Waals surface area contributed by atoms with Gasteiger partial charge in [-0.2, -0.15) is 15.1 Å². The van der Waals surface area contributed by atoms with E-state index in [1.807, 2.05) is 0 Å². The highest BCUT2D eigenvalue weighted by molar-refractivity contribution is 6.28. The summed E-state index contributed by atoms with van der Waals surface area (Å²) >= 11 is 5.97. The summed E-state index contributed by atoms with van der Waals surface area (Å²) in [6, 6.07) is 0. The number of aromatic nitrogens is 4. The molecule has 0 bridgehead atoms. The zero-order valence-corrected chi connectivity index (χ0v) is 11.5. The van der Waals surface area contributed by atoms with Crippen LogP contribution in [0, 0.1) is 0 Å². The third-order valence-corrected chi connectivity index (χ3v) is 3.56. The zero-order valence-electron chi connectivity index (χ0n) is 10.8. The number of halogens is 1. The van der Waals surface area contributed by atoms with E-state index in [0.717, 1.165) is 43.7 Å². The first-order valence-corrected chi connectivity index (χ1v) is 6.89. The molecule has 19 heavy (non-hydrogen) atoms. The van der Waals surface area contributed by atoms with E-state index in [-0.39, 0.29) is 11.4 Å². The third-order valence-electron chi connectivity index (χ3n) is 3.39. The van der Waals surface area contributed by atoms with Crippen molar-refractivity contribution in [3.63, 3.8) is 0 Å². The molecule has 1 N–H and O–H groups in total. The Morgan fingerprint density at radius 1 is 1.53 bits per heavy atom. The number of H-pyrrole nitrogens is 1. The number of rotatable bonds is 4. The number of hydrogen-bond acceptors (Lipinski definition) is 5. The normalized spacial score (nSPS) is 19.2. The average molecular weight is 282 g/mol. The molecule has 102 valence electrons. The van der Waals surface area contributed by atoms with E-state index < -0.39 is 0 Å². The topological polar surface area (TPSA) is 66.9 Å². The number of likely N-dealkylation sites (N-methyl/N-ethyl adjacent to an activating group) is 1. The van der Waals surface area contributed by atoms with Gasteiger partial charge in [0, 0.05) is 19.7 Å². The van der Waals surface area contributed by atoms with Gasteiger partial charge in [0.1, 0.15) is 5.82 Å². The van der Waals surface area contributed by atoms with E-state index in [2.05, 4.69) is 32.0 Å². The van der Waals surface area contributed by atoms with Crippen LogP contribution in [0.2, 0.25) is 5.28 Å². The summed E-state index contributed by atoms with van der Waals surface area (Å²) in [5.41, 5.74) is 0.667. The van der Waals surface area contributed by atoms with Gasteiger partial charge in [0.2, 0.25) is 5.28 Å². The van der Waals surface area contributed by atoms with E-state index in [9.17, 15) is 0 Å². The largest absolute Gasteiger partial charge is 0.376 e. The van der Waals surface area contributed by atoms with Gasteiger partial charge in [-0.25, -0.2) is 0 Å². The van der Waals surface area contributed by atoms with Crippen molar-refractivity contribution < 1.29 is 4.74 Å². The average Bonchev–Trinajstić information content (AvgIpc) is 3.05. The quantitative estimate of drug-likeness (QED) is 0.869. The number of anilines is 1. The number of hydrogen-bond donors (Lipinski definition) is 1. The van der Waals surface area contributed by atoms with Gasteiger partial charge in [-0.15, -0.1) is 0 Å². The van der Waals surface area contributed by atoms with Gasteiger partial charge in [0.15, 0.2) is 5.65 Å². The summed E-state index contributed by atoms with van der Waals surface area (Å²) in [7, 11) is 0. The van der Waals surface area contributed by atoms with Crippen LogP contribution < -0.4 is 4.90 Å². The highest BCUT2D eigenvalue weighted by atomic mass is 35.5. The van der Waals surface area contributed by atoms with Crippen LogP contribution in [-0.4, -0.2) is 46.0 Å². The standard InChI is InChI=1S/C12H16ClN5O/c1-2-18(7-8-4-3-5-19-8)11-9-6-14-17-10(9)15-12(13)16-11/h6,8H,2-5,7H2,1H3,(H,14,15,16,17). The first-order valence-electron chi connectivity index (χ1n) is 6.51. The molecule has 7 heteroatoms. The molecule has 0 saturated carbocycles. The maximum Gasteiger partial charge on any atom is 0.226 e. The van der Waals surface area contributed by atoms with Crippen LogP contribution in [0.1, 0.15) is 19.8 Å². The minimum absolute atomic E-state index is 0.234. The second kappa shape index (κ2) is 5.30. The molecular weight excluding hydrogens is 266 g/mol. The number of fused-ring (bicyclic) bond motifs is 1. The van der Waals surface area contributed by atoms with Gasteiger partial charge < -0.3 is 9.64 Å². The number of ether oxygens (including phenoxy) is 1. The zero-order chi connectivity index (χ0) is 13.2. The number of nitrogens with zero attached hydrogens (tertiary/aromatic N) is 4. The fourth-order valence-corrected chi connectivity index (χ4v) is 2.60. The van der Waals surface area contributed by atoms with Crippen LogP contribution in [0.25, 0.3) is 11.0 Å². The Kier molecular flexibility index (Phi) is 3.52. The van der Waals surface area contributed by atoms with Gasteiger partial charge in [-0.05, 0) is 31.4 Å². The predicted octanol–water partition coefficient (Wildman–Crippen LogP) is 2.01. The predicted molar refractivity (Wildman–Crippen MR) is 73.6 cm³/mol. The molecule has 1 unspecified atom stereocenters. The third kappa shape index (κ3) is 2.50. The Bertz CT molecular complexity index is 566. The molecule has 3 rings (SSSR count). The highest BCUT2D eigenvalue weighted by Crippen LogP contribution is 2.25. The maximum absolute atomic E-state index is 5.97. The van der Waals surface area contributed by atoms with Crippen molar-refractivity contribution in [1.82, 2.24) is 20.2 Å². The molecule has 6 nitrogen and oxygen atoms in total. The van der Waals surface area contributed by atoms with Crippen molar-refractivity contribution in [2.75, 3.05) is 24.6 Å². The monoisotopic (exact) mass is 281 g/mol. The molecule has 1 fully saturated rings. The van der Waals surface area contributed by atoms with Crippen LogP contribution in [-0.2, 0) is 4.74 Å². The van der Waals surface area contributed by atoms with Gasteiger partial charge >= 0.3 is 0 Å². The summed E-state index contributed by atoms with van der Waals surface area (Å²) in [6.07, 6.45) is 4.24. The summed E-state index contributed by atoms with van der Waals surface area (Å²) < 4.78 is 5.69. The van der Waals surface area contributed by atoms with Gasteiger partial charge in [-0.1, -0.05) is 0 Å². The van der Waals surface area contributed by atoms with Gasteiger partial charge in [-0.3, -0.25) is 5.10 Å². The number of aromatic amines is 1. The molecule has 1 atom stereocenters. The van der Waals surface area contributed by atoms with E-state index in [1.165, 1.54) is 0 Å². The Morgan fingerprint density at radius 3 is 3.16 bits per heavy atom. The lowest BCUT2D eigenvalue weighted by atomic mass is 10.2. The van der Waals surface area contributed by atoms with Crippen molar-refractivity contribution in [3.8, 4) is 0 Å². The van der Waals surface area contributed by atoms with Crippen LogP contribution in [0.5, 0.6) is 0 Å². The van der Waals surface area contributed by atoms with Crippen molar-refractivity contribution in [1.29, 1.82) is 0 Å². The SMILES string of the molecule is CCN(CC1CCCO1)c1nc(Cl)nc2[nH]ncc12. The minimum Gasteiger partial charge on any atom is -0.376 e. The first kappa shape index (κ1) is 12.6. The van der Waals surface area contributed by atoms with E-state index in [4.69, 9.17) is 16.3 Å². The Labute approximate surface area is 116 Å². The number of nitrogens with one attached hydrogen (secondary N) is 1. The maximum atomic E-state index is 5.97. The molecule has 3 heterocycles. The van der Waals surface area contributed by atoms with Crippen LogP contribution >= 0.6 is 11.6 Å². The Morgan fingerprint density at radius 2 is 2.42 bits per heavy atom. The summed E-state index contributed by atoms with van der Waals surface area (Å²) in [6.45, 7) is 4.61. The second-order valence-corrected chi connectivity index (χ2v) is 4.96. The molecule has 1 saturated heterocycles. The lowest BCUT2D eigenvalue weighted by Crippen LogP contribution is -2.32. The van der Waals surface area contributed by atoms with E-state index >= 15 is 0 Å². The molecular formula is C12H16ClN5O. The lowest BCUT2D eigenvalue weighted by molar-refractivity contribution is 0.115. The minimum atomic E-state index is 0.234. The van der Waals surface area contributed by atoms with Crippen LogP contribution in [0.3, 0.4) is 0 Å². The molecule has 0 aromatic carbocycles. The molecule has 1 aliphatic rings. The Hall–Kier alpha value is -1.40. The van der Waals surface area contributed by atoms with E-state index in [0.29, 0.717) is 5.65 Å². The molecule has 1 aliphatic heterocycles. The summed E-state index contributed by atoms with van der Waals surface area (Å²) in [5.74, 6) is 0.821. The van der Waals surface area contributed by atoms with Crippen LogP contribution in [0.4, 0.5) is 5.82 Å². The van der Waals surface area contributed by atoms with Crippen molar-refractivity contribution in [2.45, 2.75) is 25.9 Å². The van der Waals surface area contributed by atoms with Gasteiger partial charge in [0.25, 0.3) is 0 Å².